The molecule has 1 aromatic carbocycles. The van der Waals surface area contributed by atoms with Crippen molar-refractivity contribution in [3.05, 3.63) is 23.6 Å². The molecule has 1 aliphatic carbocycles. The molecule has 0 amide bonds. The summed E-state index contributed by atoms with van der Waals surface area (Å²) in [6.07, 6.45) is 4.49. The van der Waals surface area contributed by atoms with Gasteiger partial charge in [-0.05, 0) is 44.4 Å². The number of imidazole rings is 1. The summed E-state index contributed by atoms with van der Waals surface area (Å²) in [7, 11) is -1.36. The summed E-state index contributed by atoms with van der Waals surface area (Å²) in [6.45, 7) is 9.02. The Hall–Kier alpha value is -2.27. The van der Waals surface area contributed by atoms with Crippen LogP contribution in [-0.2, 0) is 15.7 Å². The highest BCUT2D eigenvalue weighted by atomic mass is 32.2. The summed E-state index contributed by atoms with van der Waals surface area (Å²) in [6, 6.07) is 4.29. The highest BCUT2D eigenvalue weighted by molar-refractivity contribution is 7.83. The van der Waals surface area contributed by atoms with Crippen LogP contribution >= 0.6 is 0 Å². The molecule has 3 heterocycles. The minimum atomic E-state index is -1.36. The van der Waals surface area contributed by atoms with Crippen molar-refractivity contribution < 1.29 is 13.5 Å². The number of hydrogen-bond donors (Lipinski definition) is 3. The van der Waals surface area contributed by atoms with Gasteiger partial charge in [0, 0.05) is 37.8 Å². The van der Waals surface area contributed by atoms with E-state index >= 15 is 0 Å². The van der Waals surface area contributed by atoms with Crippen LogP contribution in [0.3, 0.4) is 0 Å². The lowest BCUT2D eigenvalue weighted by molar-refractivity contribution is 0.0398. The summed E-state index contributed by atoms with van der Waals surface area (Å²) < 4.78 is 27.5. The molecule has 178 valence electrons. The van der Waals surface area contributed by atoms with Crippen molar-refractivity contribution >= 4 is 28.0 Å². The van der Waals surface area contributed by atoms with Crippen molar-refractivity contribution in [2.45, 2.75) is 50.5 Å². The second-order valence-corrected chi connectivity index (χ2v) is 10.1. The van der Waals surface area contributed by atoms with Crippen LogP contribution in [0.15, 0.2) is 21.6 Å². The first kappa shape index (κ1) is 22.5. The molecule has 0 radical (unpaired) electrons. The average molecular weight is 473 g/mol. The van der Waals surface area contributed by atoms with Crippen molar-refractivity contribution in [1.29, 1.82) is 0 Å². The molecule has 2 aromatic heterocycles. The molecule has 3 N–H and O–H groups in total. The third-order valence-electron chi connectivity index (χ3n) is 6.53. The molecule has 3 aromatic rings. The number of rotatable bonds is 8. The number of fused-ring (bicyclic) bond motifs is 1. The maximum atomic E-state index is 13.4. The number of H-pyrrole nitrogens is 1. The van der Waals surface area contributed by atoms with Crippen molar-refractivity contribution in [2.75, 3.05) is 44.7 Å². The number of nitrogens with one attached hydrogen (secondary N) is 3. The molecule has 5 rings (SSSR count). The van der Waals surface area contributed by atoms with Gasteiger partial charge >= 0.3 is 0 Å². The molecular weight excluding hydrogens is 440 g/mol. The van der Waals surface area contributed by atoms with Crippen LogP contribution in [0, 0.1) is 13.8 Å². The average Bonchev–Trinajstić information content (AvgIpc) is 3.54. The van der Waals surface area contributed by atoms with Crippen molar-refractivity contribution in [3.8, 4) is 11.1 Å². The van der Waals surface area contributed by atoms with E-state index < -0.39 is 11.0 Å². The van der Waals surface area contributed by atoms with Gasteiger partial charge in [0.15, 0.2) is 0 Å². The number of nitrogens with zero attached hydrogens (tertiary/aromatic N) is 3. The first-order valence-electron chi connectivity index (χ1n) is 11.8. The summed E-state index contributed by atoms with van der Waals surface area (Å²) in [5, 5.41) is 7.50. The Morgan fingerprint density at radius 3 is 2.73 bits per heavy atom. The van der Waals surface area contributed by atoms with Gasteiger partial charge in [-0.3, -0.25) is 4.90 Å². The van der Waals surface area contributed by atoms with Crippen LogP contribution in [0.25, 0.3) is 22.2 Å². The van der Waals surface area contributed by atoms with E-state index in [9.17, 15) is 4.21 Å². The summed E-state index contributed by atoms with van der Waals surface area (Å²) >= 11 is 0. The van der Waals surface area contributed by atoms with Gasteiger partial charge in [0.05, 0.1) is 29.3 Å². The van der Waals surface area contributed by atoms with Gasteiger partial charge in [0.2, 0.25) is 5.95 Å². The molecule has 1 saturated heterocycles. The third-order valence-corrected chi connectivity index (χ3v) is 7.78. The van der Waals surface area contributed by atoms with Crippen LogP contribution in [-0.4, -0.2) is 69.7 Å². The number of aromatic nitrogens is 3. The Labute approximate surface area is 196 Å². The van der Waals surface area contributed by atoms with Gasteiger partial charge in [-0.25, -0.2) is 13.9 Å². The quantitative estimate of drug-likeness (QED) is 0.462. The van der Waals surface area contributed by atoms with Gasteiger partial charge in [-0.1, -0.05) is 18.0 Å². The van der Waals surface area contributed by atoms with E-state index in [0.29, 0.717) is 10.8 Å². The van der Waals surface area contributed by atoms with E-state index in [4.69, 9.17) is 14.2 Å². The number of ether oxygens (including phenoxy) is 1. The van der Waals surface area contributed by atoms with Crippen LogP contribution < -0.4 is 10.0 Å². The number of benzene rings is 1. The molecule has 1 unspecified atom stereocenters. The highest BCUT2D eigenvalue weighted by Crippen LogP contribution is 2.33. The van der Waals surface area contributed by atoms with E-state index in [-0.39, 0.29) is 6.04 Å². The molecule has 9 nitrogen and oxygen atoms in total. The Morgan fingerprint density at radius 1 is 1.21 bits per heavy atom. The molecule has 2 fully saturated rings. The maximum absolute atomic E-state index is 13.4. The van der Waals surface area contributed by atoms with Gasteiger partial charge in [0.1, 0.15) is 22.3 Å². The minimum absolute atomic E-state index is 0.286. The highest BCUT2D eigenvalue weighted by Gasteiger charge is 2.22. The smallest absolute Gasteiger partial charge is 0.201 e. The van der Waals surface area contributed by atoms with Gasteiger partial charge in [-0.15, -0.1) is 0 Å². The van der Waals surface area contributed by atoms with Gasteiger partial charge < -0.3 is 19.6 Å². The number of hydrogen-bond acceptors (Lipinski definition) is 7. The topological polar surface area (TPSA) is 108 Å². The number of aromatic amines is 1. The third kappa shape index (κ3) is 4.98. The second kappa shape index (κ2) is 9.92. The Kier molecular flexibility index (Phi) is 6.77. The summed E-state index contributed by atoms with van der Waals surface area (Å²) in [4.78, 5) is 11.2. The molecule has 1 aliphatic heterocycles. The molecule has 1 atom stereocenters. The first-order valence-corrected chi connectivity index (χ1v) is 12.9. The number of anilines is 1. The number of morpholine rings is 1. The van der Waals surface area contributed by atoms with Gasteiger partial charge in [0.25, 0.3) is 0 Å². The van der Waals surface area contributed by atoms with E-state index in [1.165, 1.54) is 12.8 Å². The summed E-state index contributed by atoms with van der Waals surface area (Å²) in [5.74, 6) is 1.43. The predicted molar refractivity (Wildman–Crippen MR) is 129 cm³/mol. The SMILES string of the molecule is Cc1noc(C)c1-c1cc(S(=O)NC2CCCC2)c2nc(NCCN3CCOCC3)[nH]c2c1. The molecule has 0 bridgehead atoms. The monoisotopic (exact) mass is 472 g/mol. The fourth-order valence-electron chi connectivity index (χ4n) is 4.77. The normalized spacial score (nSPS) is 18.8. The van der Waals surface area contributed by atoms with E-state index in [0.717, 1.165) is 85.8 Å². The molecule has 1 saturated carbocycles. The van der Waals surface area contributed by atoms with Crippen molar-refractivity contribution in [3.63, 3.8) is 0 Å². The second-order valence-electron chi connectivity index (χ2n) is 8.90. The molecule has 2 aliphatic rings. The minimum Gasteiger partial charge on any atom is -0.379 e. The Morgan fingerprint density at radius 2 is 2.00 bits per heavy atom. The standard InChI is InChI=1S/C23H32N6O3S/c1-15-21(16(2)32-27-15)17-13-19-22(20(14-17)33(30)28-18-5-3-4-6-18)26-23(25-19)24-7-8-29-9-11-31-12-10-29/h13-14,18,28H,3-12H2,1-2H3,(H2,24,25,26). The maximum Gasteiger partial charge on any atom is 0.201 e. The lowest BCUT2D eigenvalue weighted by atomic mass is 10.0. The van der Waals surface area contributed by atoms with Crippen LogP contribution in [0.1, 0.15) is 37.1 Å². The van der Waals surface area contributed by atoms with Crippen LogP contribution in [0.2, 0.25) is 0 Å². The molecule has 10 heteroatoms. The van der Waals surface area contributed by atoms with E-state index in [1.54, 1.807) is 0 Å². The Balaban J connectivity index is 1.43. The number of aryl methyl sites for hydroxylation is 2. The fraction of sp³-hybridized carbons (Fsp3) is 0.565. The zero-order valence-electron chi connectivity index (χ0n) is 19.3. The summed E-state index contributed by atoms with van der Waals surface area (Å²) in [5.41, 5.74) is 4.25. The van der Waals surface area contributed by atoms with Crippen LogP contribution in [0.4, 0.5) is 5.95 Å². The Bertz CT molecular complexity index is 1110. The molecule has 0 spiro atoms. The predicted octanol–water partition coefficient (Wildman–Crippen LogP) is 3.13. The zero-order chi connectivity index (χ0) is 22.8. The first-order chi connectivity index (χ1) is 16.1. The van der Waals surface area contributed by atoms with Crippen LogP contribution in [0.5, 0.6) is 0 Å². The van der Waals surface area contributed by atoms with Crippen molar-refractivity contribution in [1.82, 2.24) is 24.7 Å². The lowest BCUT2D eigenvalue weighted by Crippen LogP contribution is -2.39. The zero-order valence-corrected chi connectivity index (χ0v) is 20.1. The van der Waals surface area contributed by atoms with Crippen molar-refractivity contribution in [2.24, 2.45) is 0 Å². The molecular formula is C23H32N6O3S. The van der Waals surface area contributed by atoms with E-state index in [2.05, 4.69) is 25.1 Å². The molecule has 33 heavy (non-hydrogen) atoms. The van der Waals surface area contributed by atoms with E-state index in [1.807, 2.05) is 26.0 Å². The lowest BCUT2D eigenvalue weighted by Gasteiger charge is -2.26. The fourth-order valence-corrected chi connectivity index (χ4v) is 6.00. The largest absolute Gasteiger partial charge is 0.379 e. The van der Waals surface area contributed by atoms with Gasteiger partial charge in [-0.2, -0.15) is 0 Å².